The van der Waals surface area contributed by atoms with Crippen LogP contribution in [0, 0.1) is 0 Å². The van der Waals surface area contributed by atoms with Crippen molar-refractivity contribution in [3.8, 4) is 0 Å². The van der Waals surface area contributed by atoms with Gasteiger partial charge < -0.3 is 5.73 Å². The van der Waals surface area contributed by atoms with Gasteiger partial charge >= 0.3 is 5.69 Å². The molecule has 0 aromatic carbocycles. The lowest BCUT2D eigenvalue weighted by molar-refractivity contribution is -0.121. The molecule has 2 heterocycles. The third-order valence-electron chi connectivity index (χ3n) is 2.39. The molecule has 7 nitrogen and oxygen atoms in total. The Balaban J connectivity index is 2.56. The lowest BCUT2D eigenvalue weighted by Crippen LogP contribution is -2.32. The molecule has 0 aliphatic carbocycles. The summed E-state index contributed by atoms with van der Waals surface area (Å²) in [7, 11) is 1.48. The van der Waals surface area contributed by atoms with Crippen LogP contribution in [0.15, 0.2) is 11.0 Å². The predicted molar refractivity (Wildman–Crippen MR) is 55.6 cm³/mol. The van der Waals surface area contributed by atoms with Gasteiger partial charge in [0.25, 0.3) is 0 Å². The first-order chi connectivity index (χ1) is 7.50. The summed E-state index contributed by atoms with van der Waals surface area (Å²) in [6.07, 6.45) is 1.67. The average molecular weight is 222 g/mol. The number of nitrogens with two attached hydrogens (primary N) is 1. The van der Waals surface area contributed by atoms with Gasteiger partial charge in [-0.3, -0.25) is 14.2 Å². The Morgan fingerprint density at radius 3 is 2.38 bits per heavy atom. The van der Waals surface area contributed by atoms with E-state index in [1.807, 2.05) is 0 Å². The molecule has 1 aromatic heterocycles. The summed E-state index contributed by atoms with van der Waals surface area (Å²) in [6.45, 7) is 0. The molecule has 1 fully saturated rings. The number of carbonyl (C=O) groups excluding carboxylic acids is 2. The van der Waals surface area contributed by atoms with Crippen LogP contribution in [0.2, 0.25) is 0 Å². The van der Waals surface area contributed by atoms with E-state index < -0.39 is 5.69 Å². The third-order valence-corrected chi connectivity index (χ3v) is 2.39. The van der Waals surface area contributed by atoms with E-state index in [2.05, 4.69) is 4.98 Å². The van der Waals surface area contributed by atoms with Crippen molar-refractivity contribution >= 4 is 23.3 Å². The van der Waals surface area contributed by atoms with Gasteiger partial charge in [0.05, 0.1) is 0 Å². The van der Waals surface area contributed by atoms with Gasteiger partial charge in [0.1, 0.15) is 5.69 Å². The van der Waals surface area contributed by atoms with E-state index in [9.17, 15) is 14.4 Å². The molecule has 2 N–H and O–H groups in total. The average Bonchev–Trinajstić information content (AvgIpc) is 2.53. The fourth-order valence-electron chi connectivity index (χ4n) is 1.56. The van der Waals surface area contributed by atoms with Crippen molar-refractivity contribution in [3.63, 3.8) is 0 Å². The Kier molecular flexibility index (Phi) is 2.22. The lowest BCUT2D eigenvalue weighted by atomic mass is 10.4. The zero-order chi connectivity index (χ0) is 11.9. The molecule has 0 bridgehead atoms. The maximum atomic E-state index is 11.5. The van der Waals surface area contributed by atoms with Gasteiger partial charge in [-0.25, -0.2) is 9.69 Å². The molecule has 0 saturated carbocycles. The first-order valence-electron chi connectivity index (χ1n) is 4.69. The third kappa shape index (κ3) is 1.46. The monoisotopic (exact) mass is 222 g/mol. The van der Waals surface area contributed by atoms with Gasteiger partial charge in [-0.2, -0.15) is 4.98 Å². The van der Waals surface area contributed by atoms with Crippen LogP contribution in [0.5, 0.6) is 0 Å². The Morgan fingerprint density at radius 2 is 1.81 bits per heavy atom. The molecule has 0 radical (unpaired) electrons. The number of rotatable bonds is 1. The number of carbonyl (C=O) groups is 2. The molecule has 2 amide bonds. The Bertz CT molecular complexity index is 518. The van der Waals surface area contributed by atoms with Crippen LogP contribution in [0.1, 0.15) is 12.8 Å². The number of amides is 2. The van der Waals surface area contributed by atoms with Gasteiger partial charge in [0.15, 0.2) is 5.82 Å². The summed E-state index contributed by atoms with van der Waals surface area (Å²) < 4.78 is 1.17. The van der Waals surface area contributed by atoms with Gasteiger partial charge in [0.2, 0.25) is 11.8 Å². The first kappa shape index (κ1) is 10.3. The van der Waals surface area contributed by atoms with E-state index in [0.29, 0.717) is 0 Å². The van der Waals surface area contributed by atoms with E-state index in [1.54, 1.807) is 0 Å². The zero-order valence-electron chi connectivity index (χ0n) is 8.64. The number of nitrogen functional groups attached to an aromatic ring is 1. The second-order valence-electron chi connectivity index (χ2n) is 3.53. The van der Waals surface area contributed by atoms with Crippen LogP contribution >= 0.6 is 0 Å². The molecule has 16 heavy (non-hydrogen) atoms. The summed E-state index contributed by atoms with van der Waals surface area (Å²) in [5, 5.41) is 0. The van der Waals surface area contributed by atoms with Crippen molar-refractivity contribution < 1.29 is 9.59 Å². The maximum Gasteiger partial charge on any atom is 0.349 e. The fourth-order valence-corrected chi connectivity index (χ4v) is 1.56. The number of imide groups is 1. The zero-order valence-corrected chi connectivity index (χ0v) is 8.64. The largest absolute Gasteiger partial charge is 0.382 e. The quantitative estimate of drug-likeness (QED) is 0.615. The smallest absolute Gasteiger partial charge is 0.349 e. The molecule has 0 unspecified atom stereocenters. The summed E-state index contributed by atoms with van der Waals surface area (Å²) in [5.41, 5.74) is 5.17. The topological polar surface area (TPSA) is 98.3 Å². The SMILES string of the molecule is Cn1cc(N2C(=O)CCC2=O)c(N)nc1=O. The van der Waals surface area contributed by atoms with E-state index in [-0.39, 0.29) is 36.2 Å². The Morgan fingerprint density at radius 1 is 1.25 bits per heavy atom. The van der Waals surface area contributed by atoms with Gasteiger partial charge in [0, 0.05) is 26.1 Å². The number of aryl methyl sites for hydroxylation is 1. The highest BCUT2D eigenvalue weighted by molar-refractivity contribution is 6.20. The Labute approximate surface area is 90.5 Å². The van der Waals surface area contributed by atoms with Gasteiger partial charge in [-0.1, -0.05) is 0 Å². The van der Waals surface area contributed by atoms with Crippen molar-refractivity contribution in [2.24, 2.45) is 7.05 Å². The highest BCUT2D eigenvalue weighted by Gasteiger charge is 2.32. The van der Waals surface area contributed by atoms with Crippen LogP contribution < -0.4 is 16.3 Å². The molecule has 0 atom stereocenters. The van der Waals surface area contributed by atoms with Crippen molar-refractivity contribution in [1.82, 2.24) is 9.55 Å². The van der Waals surface area contributed by atoms with Crippen LogP contribution in [-0.2, 0) is 16.6 Å². The molecule has 2 rings (SSSR count). The van der Waals surface area contributed by atoms with Gasteiger partial charge in [-0.05, 0) is 0 Å². The number of hydrogen-bond acceptors (Lipinski definition) is 5. The van der Waals surface area contributed by atoms with E-state index in [4.69, 9.17) is 5.73 Å². The van der Waals surface area contributed by atoms with Crippen molar-refractivity contribution in [3.05, 3.63) is 16.7 Å². The van der Waals surface area contributed by atoms with Gasteiger partial charge in [-0.15, -0.1) is 0 Å². The lowest BCUT2D eigenvalue weighted by Gasteiger charge is -2.15. The second-order valence-corrected chi connectivity index (χ2v) is 3.53. The standard InChI is InChI=1S/C9H10N4O3/c1-12-4-5(8(10)11-9(12)16)13-6(14)2-3-7(13)15/h4H,2-3H2,1H3,(H2,10,11,16). The summed E-state index contributed by atoms with van der Waals surface area (Å²) in [4.78, 5) is 38.6. The number of hydrogen-bond donors (Lipinski definition) is 1. The van der Waals surface area contributed by atoms with Crippen LogP contribution in [-0.4, -0.2) is 21.4 Å². The highest BCUT2D eigenvalue weighted by Crippen LogP contribution is 2.25. The molecule has 1 saturated heterocycles. The molecule has 1 aliphatic heterocycles. The molecule has 1 aliphatic rings. The molecular formula is C9H10N4O3. The van der Waals surface area contributed by atoms with E-state index in [0.717, 1.165) is 4.90 Å². The molecule has 0 spiro atoms. The summed E-state index contributed by atoms with van der Waals surface area (Å²) >= 11 is 0. The van der Waals surface area contributed by atoms with Crippen LogP contribution in [0.3, 0.4) is 0 Å². The van der Waals surface area contributed by atoms with E-state index in [1.165, 1.54) is 17.8 Å². The minimum atomic E-state index is -0.527. The second kappa shape index (κ2) is 3.44. The number of aromatic nitrogens is 2. The predicted octanol–water partition coefficient (Wildman–Crippen LogP) is -0.984. The normalized spacial score (nSPS) is 15.9. The Hall–Kier alpha value is -2.18. The van der Waals surface area contributed by atoms with E-state index >= 15 is 0 Å². The fraction of sp³-hybridized carbons (Fsp3) is 0.333. The summed E-state index contributed by atoms with van der Waals surface area (Å²) in [6, 6.07) is 0. The van der Waals surface area contributed by atoms with Crippen LogP contribution in [0.25, 0.3) is 0 Å². The molecule has 1 aromatic rings. The van der Waals surface area contributed by atoms with Crippen LogP contribution in [0.4, 0.5) is 11.5 Å². The minimum absolute atomic E-state index is 0.105. The highest BCUT2D eigenvalue weighted by atomic mass is 16.2. The summed E-state index contributed by atoms with van der Waals surface area (Å²) in [5.74, 6) is -0.749. The number of nitrogens with zero attached hydrogens (tertiary/aromatic N) is 3. The van der Waals surface area contributed by atoms with Crippen molar-refractivity contribution in [1.29, 1.82) is 0 Å². The maximum absolute atomic E-state index is 11.5. The molecular weight excluding hydrogens is 212 g/mol. The van der Waals surface area contributed by atoms with Crippen molar-refractivity contribution in [2.45, 2.75) is 12.8 Å². The van der Waals surface area contributed by atoms with Crippen molar-refractivity contribution in [2.75, 3.05) is 10.6 Å². The minimum Gasteiger partial charge on any atom is -0.382 e. The first-order valence-corrected chi connectivity index (χ1v) is 4.69. The molecule has 84 valence electrons. The molecule has 7 heteroatoms. The number of anilines is 2.